The van der Waals surface area contributed by atoms with Crippen LogP contribution in [0, 0.1) is 0 Å². The van der Waals surface area contributed by atoms with E-state index in [1.54, 1.807) is 6.08 Å². The lowest BCUT2D eigenvalue weighted by Gasteiger charge is -1.88. The molecule has 0 heterocycles. The second-order valence-electron chi connectivity index (χ2n) is 2.28. The molecule has 0 aromatic heterocycles. The van der Waals surface area contributed by atoms with E-state index in [-0.39, 0.29) is 0 Å². The highest BCUT2D eigenvalue weighted by Crippen LogP contribution is 1.96. The van der Waals surface area contributed by atoms with E-state index in [9.17, 15) is 0 Å². The first-order valence-electron chi connectivity index (χ1n) is 3.60. The maximum absolute atomic E-state index is 5.49. The van der Waals surface area contributed by atoms with Gasteiger partial charge in [0.05, 0.1) is 0 Å². The number of rotatable bonds is 3. The van der Waals surface area contributed by atoms with Crippen LogP contribution in [0.1, 0.15) is 13.8 Å². The van der Waals surface area contributed by atoms with Crippen molar-refractivity contribution in [2.24, 2.45) is 5.73 Å². The SMILES string of the molecule is C=C\C(N)=C/C=C(C)\C=C/C. The monoisotopic (exact) mass is 149 g/mol. The topological polar surface area (TPSA) is 26.0 Å². The highest BCUT2D eigenvalue weighted by Gasteiger charge is 1.78. The van der Waals surface area contributed by atoms with Crippen LogP contribution in [-0.2, 0) is 0 Å². The molecule has 0 aromatic carbocycles. The van der Waals surface area contributed by atoms with Gasteiger partial charge in [-0.25, -0.2) is 0 Å². The summed E-state index contributed by atoms with van der Waals surface area (Å²) in [5.74, 6) is 0. The van der Waals surface area contributed by atoms with Crippen molar-refractivity contribution in [1.82, 2.24) is 0 Å². The van der Waals surface area contributed by atoms with E-state index in [1.165, 1.54) is 5.57 Å². The quantitative estimate of drug-likeness (QED) is 0.613. The fourth-order valence-corrected chi connectivity index (χ4v) is 0.614. The molecule has 0 bridgehead atoms. The van der Waals surface area contributed by atoms with E-state index in [4.69, 9.17) is 5.73 Å². The number of hydrogen-bond acceptors (Lipinski definition) is 1. The summed E-state index contributed by atoms with van der Waals surface area (Å²) in [5.41, 5.74) is 7.36. The van der Waals surface area contributed by atoms with Crippen molar-refractivity contribution in [3.8, 4) is 0 Å². The van der Waals surface area contributed by atoms with E-state index in [0.29, 0.717) is 5.70 Å². The molecule has 0 saturated carbocycles. The molecule has 0 rings (SSSR count). The first kappa shape index (κ1) is 9.76. The predicted molar refractivity (Wildman–Crippen MR) is 51.0 cm³/mol. The zero-order chi connectivity index (χ0) is 8.69. The summed E-state index contributed by atoms with van der Waals surface area (Å²) in [6, 6.07) is 0. The van der Waals surface area contributed by atoms with Crippen LogP contribution in [0.5, 0.6) is 0 Å². The summed E-state index contributed by atoms with van der Waals surface area (Å²) in [7, 11) is 0. The van der Waals surface area contributed by atoms with Crippen LogP contribution >= 0.6 is 0 Å². The summed E-state index contributed by atoms with van der Waals surface area (Å²) in [6.45, 7) is 7.55. The van der Waals surface area contributed by atoms with Crippen LogP contribution < -0.4 is 5.73 Å². The van der Waals surface area contributed by atoms with Crippen LogP contribution in [0.25, 0.3) is 0 Å². The highest BCUT2D eigenvalue weighted by molar-refractivity contribution is 5.26. The van der Waals surface area contributed by atoms with Crippen LogP contribution in [0.3, 0.4) is 0 Å². The van der Waals surface area contributed by atoms with Gasteiger partial charge in [0, 0.05) is 5.70 Å². The maximum Gasteiger partial charge on any atom is 0.0308 e. The minimum Gasteiger partial charge on any atom is -0.399 e. The maximum atomic E-state index is 5.49. The Kier molecular flexibility index (Phi) is 4.91. The van der Waals surface area contributed by atoms with Gasteiger partial charge in [-0.3, -0.25) is 0 Å². The molecule has 0 aromatic rings. The van der Waals surface area contributed by atoms with Crippen LogP contribution in [-0.4, -0.2) is 0 Å². The molecule has 0 aliphatic heterocycles. The van der Waals surface area contributed by atoms with E-state index in [0.717, 1.165) is 0 Å². The zero-order valence-electron chi connectivity index (χ0n) is 7.17. The van der Waals surface area contributed by atoms with Gasteiger partial charge in [-0.2, -0.15) is 0 Å². The molecule has 0 aliphatic carbocycles. The van der Waals surface area contributed by atoms with Gasteiger partial charge in [0.15, 0.2) is 0 Å². The molecule has 0 saturated heterocycles. The largest absolute Gasteiger partial charge is 0.399 e. The normalized spacial score (nSPS) is 14.0. The molecule has 60 valence electrons. The Morgan fingerprint density at radius 2 is 2.00 bits per heavy atom. The van der Waals surface area contributed by atoms with Gasteiger partial charge in [0.25, 0.3) is 0 Å². The summed E-state index contributed by atoms with van der Waals surface area (Å²) in [4.78, 5) is 0. The second kappa shape index (κ2) is 5.54. The molecule has 1 nitrogen and oxygen atoms in total. The van der Waals surface area contributed by atoms with Crippen molar-refractivity contribution in [1.29, 1.82) is 0 Å². The highest BCUT2D eigenvalue weighted by atomic mass is 14.5. The van der Waals surface area contributed by atoms with E-state index >= 15 is 0 Å². The lowest BCUT2D eigenvalue weighted by molar-refractivity contribution is 1.41. The summed E-state index contributed by atoms with van der Waals surface area (Å²) in [6.07, 6.45) is 9.43. The standard InChI is InChI=1S/C10H15N/c1-4-6-9(3)7-8-10(11)5-2/h4-8H,2,11H2,1,3H3/b6-4-,9-7-,10-8+. The lowest BCUT2D eigenvalue weighted by atomic mass is 10.2. The fourth-order valence-electron chi connectivity index (χ4n) is 0.614. The minimum absolute atomic E-state index is 0.689. The van der Waals surface area contributed by atoms with Crippen molar-refractivity contribution < 1.29 is 0 Å². The van der Waals surface area contributed by atoms with Crippen LogP contribution in [0.2, 0.25) is 0 Å². The van der Waals surface area contributed by atoms with Crippen molar-refractivity contribution in [2.75, 3.05) is 0 Å². The minimum atomic E-state index is 0.689. The second-order valence-corrected chi connectivity index (χ2v) is 2.28. The predicted octanol–water partition coefficient (Wildman–Crippen LogP) is 2.54. The third-order valence-corrected chi connectivity index (χ3v) is 1.20. The van der Waals surface area contributed by atoms with Gasteiger partial charge in [-0.1, -0.05) is 30.4 Å². The average Bonchev–Trinajstić information content (AvgIpc) is 2.01. The molecule has 1 heteroatoms. The number of allylic oxidation sites excluding steroid dienone is 6. The Labute approximate surface area is 68.6 Å². The Bertz CT molecular complexity index is 207. The van der Waals surface area contributed by atoms with Crippen LogP contribution in [0.15, 0.2) is 48.2 Å². The van der Waals surface area contributed by atoms with Gasteiger partial charge >= 0.3 is 0 Å². The Balaban J connectivity index is 4.21. The van der Waals surface area contributed by atoms with Crippen molar-refractivity contribution >= 4 is 0 Å². The Hall–Kier alpha value is -1.24. The first-order valence-corrected chi connectivity index (χ1v) is 3.60. The van der Waals surface area contributed by atoms with Crippen molar-refractivity contribution in [2.45, 2.75) is 13.8 Å². The molecule has 0 amide bonds. The Morgan fingerprint density at radius 3 is 2.45 bits per heavy atom. The van der Waals surface area contributed by atoms with E-state index in [1.807, 2.05) is 38.2 Å². The summed E-state index contributed by atoms with van der Waals surface area (Å²) < 4.78 is 0. The van der Waals surface area contributed by atoms with E-state index in [2.05, 4.69) is 6.58 Å². The van der Waals surface area contributed by atoms with Gasteiger partial charge in [0.1, 0.15) is 0 Å². The van der Waals surface area contributed by atoms with Gasteiger partial charge in [-0.05, 0) is 26.0 Å². The molecule has 0 atom stereocenters. The third-order valence-electron chi connectivity index (χ3n) is 1.20. The van der Waals surface area contributed by atoms with Gasteiger partial charge in [-0.15, -0.1) is 0 Å². The first-order chi connectivity index (χ1) is 5.20. The summed E-state index contributed by atoms with van der Waals surface area (Å²) in [5, 5.41) is 0. The third kappa shape index (κ3) is 5.22. The van der Waals surface area contributed by atoms with E-state index < -0.39 is 0 Å². The molecule has 0 fully saturated rings. The Morgan fingerprint density at radius 1 is 1.36 bits per heavy atom. The molecular formula is C10H15N. The smallest absolute Gasteiger partial charge is 0.0308 e. The molecule has 0 radical (unpaired) electrons. The van der Waals surface area contributed by atoms with Gasteiger partial charge < -0.3 is 5.73 Å². The molecular weight excluding hydrogens is 134 g/mol. The lowest BCUT2D eigenvalue weighted by Crippen LogP contribution is -1.89. The zero-order valence-corrected chi connectivity index (χ0v) is 7.17. The molecule has 0 spiro atoms. The summed E-state index contributed by atoms with van der Waals surface area (Å²) >= 11 is 0. The fraction of sp³-hybridized carbons (Fsp3) is 0.200. The van der Waals surface area contributed by atoms with Gasteiger partial charge in [0.2, 0.25) is 0 Å². The molecule has 11 heavy (non-hydrogen) atoms. The molecule has 0 unspecified atom stereocenters. The number of hydrogen-bond donors (Lipinski definition) is 1. The van der Waals surface area contributed by atoms with Crippen molar-refractivity contribution in [3.63, 3.8) is 0 Å². The van der Waals surface area contributed by atoms with Crippen molar-refractivity contribution in [3.05, 3.63) is 48.2 Å². The average molecular weight is 149 g/mol. The van der Waals surface area contributed by atoms with Crippen LogP contribution in [0.4, 0.5) is 0 Å². The molecule has 0 aliphatic rings. The molecule has 2 N–H and O–H groups in total. The number of nitrogens with two attached hydrogens (primary N) is 1.